The van der Waals surface area contributed by atoms with Gasteiger partial charge < -0.3 is 4.40 Å². The number of nitriles is 1. The average molecular weight is 277 g/mol. The van der Waals surface area contributed by atoms with Gasteiger partial charge in [-0.25, -0.2) is 4.98 Å². The second-order valence-corrected chi connectivity index (χ2v) is 5.75. The number of hydrogen-bond acceptors (Lipinski definition) is 3. The average Bonchev–Trinajstić information content (AvgIpc) is 3.13. The first-order chi connectivity index (χ1) is 10.2. The fraction of sp³-hybridized carbons (Fsp3) is 0.312. The monoisotopic (exact) mass is 277 g/mol. The van der Waals surface area contributed by atoms with Gasteiger partial charge in [-0.15, -0.1) is 0 Å². The molecule has 0 spiro atoms. The first-order valence-corrected chi connectivity index (χ1v) is 7.13. The van der Waals surface area contributed by atoms with Crippen LogP contribution in [-0.2, 0) is 6.54 Å². The molecule has 0 unspecified atom stereocenters. The Kier molecular flexibility index (Phi) is 2.58. The van der Waals surface area contributed by atoms with Crippen LogP contribution in [0.15, 0.2) is 30.9 Å². The molecule has 3 aromatic heterocycles. The fourth-order valence-corrected chi connectivity index (χ4v) is 2.69. The van der Waals surface area contributed by atoms with Gasteiger partial charge in [0, 0.05) is 18.6 Å². The molecule has 5 nitrogen and oxygen atoms in total. The normalized spacial score (nSPS) is 14.5. The molecule has 0 aliphatic heterocycles. The Labute approximate surface area is 122 Å². The van der Waals surface area contributed by atoms with E-state index < -0.39 is 0 Å². The van der Waals surface area contributed by atoms with Crippen molar-refractivity contribution in [1.29, 1.82) is 5.26 Å². The maximum atomic E-state index is 9.34. The van der Waals surface area contributed by atoms with Gasteiger partial charge in [-0.2, -0.15) is 10.4 Å². The lowest BCUT2D eigenvalue weighted by atomic mass is 10.1. The van der Waals surface area contributed by atoms with Crippen molar-refractivity contribution in [3.8, 4) is 6.07 Å². The molecular weight excluding hydrogens is 262 g/mol. The van der Waals surface area contributed by atoms with Crippen molar-refractivity contribution in [3.05, 3.63) is 53.2 Å². The highest BCUT2D eigenvalue weighted by Gasteiger charge is 2.25. The molecule has 1 aliphatic carbocycles. The van der Waals surface area contributed by atoms with Gasteiger partial charge in [-0.3, -0.25) is 4.68 Å². The van der Waals surface area contributed by atoms with E-state index in [2.05, 4.69) is 22.3 Å². The van der Waals surface area contributed by atoms with E-state index >= 15 is 0 Å². The second-order valence-electron chi connectivity index (χ2n) is 5.75. The van der Waals surface area contributed by atoms with Crippen molar-refractivity contribution in [2.24, 2.45) is 0 Å². The molecule has 0 atom stereocenters. The predicted octanol–water partition coefficient (Wildman–Crippen LogP) is 2.64. The second kappa shape index (κ2) is 4.45. The molecule has 5 heteroatoms. The molecule has 0 aromatic carbocycles. The smallest absolute Gasteiger partial charge is 0.155 e. The molecule has 104 valence electrons. The van der Waals surface area contributed by atoms with Crippen molar-refractivity contribution in [2.75, 3.05) is 0 Å². The zero-order valence-corrected chi connectivity index (χ0v) is 11.8. The van der Waals surface area contributed by atoms with Gasteiger partial charge in [0.05, 0.1) is 24.0 Å². The van der Waals surface area contributed by atoms with E-state index in [0.29, 0.717) is 18.0 Å². The molecule has 0 bridgehead atoms. The zero-order valence-electron chi connectivity index (χ0n) is 11.8. The van der Waals surface area contributed by atoms with E-state index in [9.17, 15) is 5.26 Å². The summed E-state index contributed by atoms with van der Waals surface area (Å²) in [5.74, 6) is 0.626. The van der Waals surface area contributed by atoms with Crippen molar-refractivity contribution >= 4 is 5.65 Å². The Morgan fingerprint density at radius 1 is 1.33 bits per heavy atom. The van der Waals surface area contributed by atoms with Crippen LogP contribution in [-0.4, -0.2) is 19.2 Å². The van der Waals surface area contributed by atoms with E-state index in [1.165, 1.54) is 18.4 Å². The lowest BCUT2D eigenvalue weighted by molar-refractivity contribution is 0.675. The number of aromatic nitrogens is 4. The summed E-state index contributed by atoms with van der Waals surface area (Å²) in [6.45, 7) is 2.64. The number of pyridine rings is 1. The number of nitrogens with zero attached hydrogens (tertiary/aromatic N) is 5. The topological polar surface area (TPSA) is 58.9 Å². The molecule has 3 heterocycles. The molecule has 0 radical (unpaired) electrons. The first-order valence-electron chi connectivity index (χ1n) is 7.13. The number of hydrogen-bond donors (Lipinski definition) is 0. The summed E-state index contributed by atoms with van der Waals surface area (Å²) in [6, 6.07) is 4.26. The van der Waals surface area contributed by atoms with Crippen LogP contribution < -0.4 is 0 Å². The van der Waals surface area contributed by atoms with Crippen LogP contribution in [0.2, 0.25) is 0 Å². The van der Waals surface area contributed by atoms with Crippen LogP contribution in [0.4, 0.5) is 0 Å². The van der Waals surface area contributed by atoms with E-state index in [1.54, 1.807) is 0 Å². The largest absolute Gasteiger partial charge is 0.305 e. The van der Waals surface area contributed by atoms with Crippen molar-refractivity contribution in [3.63, 3.8) is 0 Å². The number of fused-ring (bicyclic) bond motifs is 1. The summed E-state index contributed by atoms with van der Waals surface area (Å²) in [4.78, 5) is 4.59. The predicted molar refractivity (Wildman–Crippen MR) is 77.9 cm³/mol. The van der Waals surface area contributed by atoms with Gasteiger partial charge in [0.15, 0.2) is 5.65 Å². The standard InChI is InChI=1S/C16H15N5/c1-11-6-18-21(7-11)10-15-9-20-8-14(12-2-3-12)4-13(5-17)16(20)19-15/h4,6-9,12H,2-3,10H2,1H3. The fourth-order valence-electron chi connectivity index (χ4n) is 2.69. The molecular formula is C16H15N5. The molecule has 0 amide bonds. The molecule has 3 aromatic rings. The number of rotatable bonds is 3. The summed E-state index contributed by atoms with van der Waals surface area (Å²) >= 11 is 0. The zero-order chi connectivity index (χ0) is 14.4. The Morgan fingerprint density at radius 2 is 2.19 bits per heavy atom. The van der Waals surface area contributed by atoms with Gasteiger partial charge in [-0.05, 0) is 42.9 Å². The lowest BCUT2D eigenvalue weighted by Gasteiger charge is -2.01. The summed E-state index contributed by atoms with van der Waals surface area (Å²) in [5.41, 5.74) is 4.69. The Hall–Kier alpha value is -2.61. The van der Waals surface area contributed by atoms with Gasteiger partial charge in [0.2, 0.25) is 0 Å². The molecule has 0 saturated heterocycles. The molecule has 1 aliphatic rings. The third-order valence-corrected chi connectivity index (χ3v) is 3.88. The SMILES string of the molecule is Cc1cnn(Cc2cn3cc(C4CC4)cc(C#N)c3n2)c1. The van der Waals surface area contributed by atoms with Gasteiger partial charge in [-0.1, -0.05) is 0 Å². The van der Waals surface area contributed by atoms with E-state index in [0.717, 1.165) is 16.9 Å². The van der Waals surface area contributed by atoms with Gasteiger partial charge in [0.1, 0.15) is 6.07 Å². The first kappa shape index (κ1) is 12.2. The lowest BCUT2D eigenvalue weighted by Crippen LogP contribution is -1.99. The maximum Gasteiger partial charge on any atom is 0.155 e. The summed E-state index contributed by atoms with van der Waals surface area (Å²) in [5, 5.41) is 13.6. The third kappa shape index (κ3) is 2.19. The van der Waals surface area contributed by atoms with Crippen LogP contribution >= 0.6 is 0 Å². The molecule has 0 N–H and O–H groups in total. The highest BCUT2D eigenvalue weighted by molar-refractivity contribution is 5.57. The third-order valence-electron chi connectivity index (χ3n) is 3.88. The summed E-state index contributed by atoms with van der Waals surface area (Å²) < 4.78 is 3.85. The van der Waals surface area contributed by atoms with Crippen molar-refractivity contribution < 1.29 is 0 Å². The Morgan fingerprint density at radius 3 is 2.86 bits per heavy atom. The van der Waals surface area contributed by atoms with Crippen LogP contribution in [0, 0.1) is 18.3 Å². The van der Waals surface area contributed by atoms with Gasteiger partial charge >= 0.3 is 0 Å². The minimum absolute atomic E-state index is 0.624. The highest BCUT2D eigenvalue weighted by Crippen LogP contribution is 2.40. The quantitative estimate of drug-likeness (QED) is 0.739. The molecule has 1 saturated carbocycles. The van der Waals surface area contributed by atoms with Gasteiger partial charge in [0.25, 0.3) is 0 Å². The minimum Gasteiger partial charge on any atom is -0.305 e. The van der Waals surface area contributed by atoms with Crippen LogP contribution in [0.3, 0.4) is 0 Å². The minimum atomic E-state index is 0.624. The molecule has 21 heavy (non-hydrogen) atoms. The highest BCUT2D eigenvalue weighted by atomic mass is 15.3. The molecule has 1 fully saturated rings. The van der Waals surface area contributed by atoms with E-state index in [1.807, 2.05) is 40.7 Å². The van der Waals surface area contributed by atoms with Crippen LogP contribution in [0.5, 0.6) is 0 Å². The van der Waals surface area contributed by atoms with Crippen LogP contribution in [0.25, 0.3) is 5.65 Å². The number of imidazole rings is 1. The van der Waals surface area contributed by atoms with Crippen molar-refractivity contribution in [1.82, 2.24) is 19.2 Å². The Bertz CT molecular complexity index is 861. The number of aryl methyl sites for hydroxylation is 1. The Balaban J connectivity index is 1.76. The van der Waals surface area contributed by atoms with Crippen LogP contribution in [0.1, 0.15) is 41.1 Å². The maximum absolute atomic E-state index is 9.34. The summed E-state index contributed by atoms with van der Waals surface area (Å²) in [7, 11) is 0. The van der Waals surface area contributed by atoms with E-state index in [4.69, 9.17) is 0 Å². The van der Waals surface area contributed by atoms with E-state index in [-0.39, 0.29) is 0 Å². The molecule has 4 rings (SSSR count). The van der Waals surface area contributed by atoms with Crippen molar-refractivity contribution in [2.45, 2.75) is 32.2 Å². The summed E-state index contributed by atoms with van der Waals surface area (Å²) in [6.07, 6.45) is 10.4.